The van der Waals surface area contributed by atoms with Gasteiger partial charge >= 0.3 is 0 Å². The van der Waals surface area contributed by atoms with Gasteiger partial charge in [0.25, 0.3) is 5.91 Å². The van der Waals surface area contributed by atoms with E-state index in [1.165, 1.54) is 23.7 Å². The van der Waals surface area contributed by atoms with E-state index in [-0.39, 0.29) is 11.8 Å². The summed E-state index contributed by atoms with van der Waals surface area (Å²) in [5.41, 5.74) is 11.9. The number of piperazine rings is 1. The Kier molecular flexibility index (Phi) is 9.73. The van der Waals surface area contributed by atoms with Gasteiger partial charge in [0.15, 0.2) is 6.21 Å². The number of ether oxygens (including phenoxy) is 1. The fourth-order valence-electron chi connectivity index (χ4n) is 7.31. The first-order valence-corrected chi connectivity index (χ1v) is 16.9. The molecule has 3 heterocycles. The van der Waals surface area contributed by atoms with E-state index in [0.717, 1.165) is 56.1 Å². The third kappa shape index (κ3) is 6.62. The lowest BCUT2D eigenvalue weighted by Crippen LogP contribution is -2.46. The normalized spacial score (nSPS) is 18.4. The topological polar surface area (TPSA) is 111 Å². The van der Waals surface area contributed by atoms with Crippen molar-refractivity contribution in [2.75, 3.05) is 81.7 Å². The third-order valence-corrected chi connectivity index (χ3v) is 10.4. The van der Waals surface area contributed by atoms with Crippen LogP contribution in [0, 0.1) is 5.41 Å². The molecule has 6 rings (SSSR count). The minimum absolute atomic E-state index is 0.0320. The molecule has 0 atom stereocenters. The molecule has 3 aromatic carbocycles. The Labute approximate surface area is 283 Å². The predicted molar refractivity (Wildman–Crippen MR) is 192 cm³/mol. The van der Waals surface area contributed by atoms with Gasteiger partial charge in [0.2, 0.25) is 5.91 Å². The zero-order valence-electron chi connectivity index (χ0n) is 28.4. The van der Waals surface area contributed by atoms with Crippen molar-refractivity contribution in [3.63, 3.8) is 0 Å². The van der Waals surface area contributed by atoms with E-state index < -0.39 is 5.41 Å². The van der Waals surface area contributed by atoms with Gasteiger partial charge in [0.1, 0.15) is 5.75 Å². The number of hydrogen-bond acceptors (Lipinski definition) is 7. The minimum Gasteiger partial charge on any atom is -0.496 e. The van der Waals surface area contributed by atoms with Crippen LogP contribution in [0.3, 0.4) is 0 Å². The van der Waals surface area contributed by atoms with Gasteiger partial charge in [-0.2, -0.15) is 0 Å². The molecule has 0 saturated carbocycles. The quantitative estimate of drug-likeness (QED) is 0.343. The van der Waals surface area contributed by atoms with Crippen molar-refractivity contribution in [1.82, 2.24) is 9.80 Å². The largest absolute Gasteiger partial charge is 0.496 e. The Morgan fingerprint density at radius 1 is 0.896 bits per heavy atom. The first-order chi connectivity index (χ1) is 23.2. The van der Waals surface area contributed by atoms with Crippen LogP contribution in [0.2, 0.25) is 0 Å². The molecule has 3 aliphatic heterocycles. The van der Waals surface area contributed by atoms with Gasteiger partial charge in [-0.3, -0.25) is 19.9 Å². The van der Waals surface area contributed by atoms with Crippen LogP contribution in [0.15, 0.2) is 72.9 Å². The highest BCUT2D eigenvalue weighted by Crippen LogP contribution is 2.44. The SMILES string of the molecule is COc1cc(N2CCC3(CCN(C(=O)c4ccc(N5CCN(Cc6ccc(N(C)C)cc6)CC5)cc4)CC3)C2=O)ccc1/C(C=[NH2+])=C/N. The highest BCUT2D eigenvalue weighted by atomic mass is 16.5. The molecular formula is C38H48N7O3+. The van der Waals surface area contributed by atoms with E-state index in [2.05, 4.69) is 65.2 Å². The molecule has 48 heavy (non-hydrogen) atoms. The van der Waals surface area contributed by atoms with Crippen molar-refractivity contribution in [3.05, 3.63) is 89.6 Å². The molecule has 3 saturated heterocycles. The molecule has 3 aromatic rings. The summed E-state index contributed by atoms with van der Waals surface area (Å²) in [6.45, 7) is 6.64. The molecule has 0 unspecified atom stereocenters. The van der Waals surface area contributed by atoms with Gasteiger partial charge in [-0.1, -0.05) is 12.1 Å². The van der Waals surface area contributed by atoms with E-state index in [1.807, 2.05) is 40.1 Å². The first-order valence-electron chi connectivity index (χ1n) is 16.9. The Morgan fingerprint density at radius 3 is 2.15 bits per heavy atom. The molecule has 0 bridgehead atoms. The standard InChI is InChI=1S/C38H47N7O3/c1-41(2)31-8-4-28(5-9-31)27-42-20-22-43(23-21-42)32-10-6-29(7-11-32)36(46)44-17-14-38(15-18-44)16-19-45(37(38)47)33-12-13-34(30(25-39)26-40)35(24-33)48-3/h4-13,24-26,39H,14-23,27,40H2,1-3H3/p+1/b30-26+,39-25?. The zero-order valence-corrected chi connectivity index (χ0v) is 28.4. The molecule has 1 spiro atoms. The van der Waals surface area contributed by atoms with Crippen molar-refractivity contribution in [1.29, 1.82) is 0 Å². The summed E-state index contributed by atoms with van der Waals surface area (Å²) in [6, 6.07) is 22.5. The Bertz CT molecular complexity index is 1650. The van der Waals surface area contributed by atoms with E-state index in [0.29, 0.717) is 49.4 Å². The third-order valence-electron chi connectivity index (χ3n) is 10.4. The number of rotatable bonds is 9. The van der Waals surface area contributed by atoms with Crippen LogP contribution in [0.5, 0.6) is 5.75 Å². The molecule has 4 N–H and O–H groups in total. The number of likely N-dealkylation sites (tertiary alicyclic amines) is 1. The molecule has 3 fully saturated rings. The number of nitrogens with zero attached hydrogens (tertiary/aromatic N) is 5. The smallest absolute Gasteiger partial charge is 0.253 e. The number of benzene rings is 3. The van der Waals surface area contributed by atoms with Crippen molar-refractivity contribution in [3.8, 4) is 5.75 Å². The van der Waals surface area contributed by atoms with Gasteiger partial charge < -0.3 is 30.1 Å². The summed E-state index contributed by atoms with van der Waals surface area (Å²) in [5.74, 6) is 0.760. The van der Waals surface area contributed by atoms with E-state index in [1.54, 1.807) is 7.11 Å². The lowest BCUT2D eigenvalue weighted by atomic mass is 9.77. The van der Waals surface area contributed by atoms with Gasteiger partial charge in [0.05, 0.1) is 18.1 Å². The average molecular weight is 651 g/mol. The Hall–Kier alpha value is -4.83. The number of hydrogen-bond donors (Lipinski definition) is 2. The number of carbonyl (C=O) groups excluding carboxylic acids is 2. The molecule has 10 nitrogen and oxygen atoms in total. The number of piperidine rings is 1. The summed E-state index contributed by atoms with van der Waals surface area (Å²) in [4.78, 5) is 38.1. The van der Waals surface area contributed by atoms with Crippen molar-refractivity contribution in [2.24, 2.45) is 11.1 Å². The average Bonchev–Trinajstić information content (AvgIpc) is 3.44. The van der Waals surface area contributed by atoms with Crippen molar-refractivity contribution in [2.45, 2.75) is 25.8 Å². The molecular weight excluding hydrogens is 602 g/mol. The minimum atomic E-state index is -0.447. The number of allylic oxidation sites excluding steroid dienone is 1. The fourth-order valence-corrected chi connectivity index (χ4v) is 7.31. The summed E-state index contributed by atoms with van der Waals surface area (Å²) in [6.07, 6.45) is 4.97. The van der Waals surface area contributed by atoms with Gasteiger partial charge in [0, 0.05) is 107 Å². The van der Waals surface area contributed by atoms with Gasteiger partial charge in [-0.05, 0) is 73.4 Å². The molecule has 0 radical (unpaired) electrons. The highest BCUT2D eigenvalue weighted by molar-refractivity contribution is 6.08. The number of methoxy groups -OCH3 is 1. The zero-order chi connectivity index (χ0) is 33.8. The van der Waals surface area contributed by atoms with Crippen LogP contribution in [0.25, 0.3) is 5.57 Å². The molecule has 0 aromatic heterocycles. The number of amides is 2. The summed E-state index contributed by atoms with van der Waals surface area (Å²) < 4.78 is 5.60. The van der Waals surface area contributed by atoms with E-state index >= 15 is 0 Å². The fraction of sp³-hybridized carbons (Fsp3) is 0.395. The number of anilines is 3. The number of carbonyl (C=O) groups is 2. The first kappa shape index (κ1) is 33.1. The van der Waals surface area contributed by atoms with Gasteiger partial charge in [-0.25, -0.2) is 0 Å². The number of nitrogens with two attached hydrogens (primary N) is 2. The lowest BCUT2D eigenvalue weighted by Gasteiger charge is -2.38. The molecule has 2 amide bonds. The summed E-state index contributed by atoms with van der Waals surface area (Å²) in [5, 5.41) is 5.73. The maximum atomic E-state index is 13.8. The highest BCUT2D eigenvalue weighted by Gasteiger charge is 2.49. The molecule has 252 valence electrons. The predicted octanol–water partition coefficient (Wildman–Crippen LogP) is 2.87. The Balaban J connectivity index is 1.01. The van der Waals surface area contributed by atoms with E-state index in [9.17, 15) is 9.59 Å². The second-order valence-electron chi connectivity index (χ2n) is 13.3. The van der Waals surface area contributed by atoms with Crippen molar-refractivity contribution >= 4 is 40.7 Å². The lowest BCUT2D eigenvalue weighted by molar-refractivity contribution is -0.127. The summed E-state index contributed by atoms with van der Waals surface area (Å²) in [7, 11) is 5.72. The molecule has 10 heteroatoms. The van der Waals surface area contributed by atoms with Crippen LogP contribution in [-0.2, 0) is 11.3 Å². The summed E-state index contributed by atoms with van der Waals surface area (Å²) >= 11 is 0. The van der Waals surface area contributed by atoms with Crippen LogP contribution in [0.4, 0.5) is 17.1 Å². The van der Waals surface area contributed by atoms with Crippen molar-refractivity contribution < 1.29 is 19.7 Å². The van der Waals surface area contributed by atoms with Crippen LogP contribution >= 0.6 is 0 Å². The Morgan fingerprint density at radius 2 is 1.54 bits per heavy atom. The maximum absolute atomic E-state index is 13.8. The van der Waals surface area contributed by atoms with E-state index in [4.69, 9.17) is 15.9 Å². The monoisotopic (exact) mass is 650 g/mol. The molecule has 0 aliphatic carbocycles. The second-order valence-corrected chi connectivity index (χ2v) is 13.3. The van der Waals surface area contributed by atoms with Crippen LogP contribution in [-0.4, -0.2) is 94.8 Å². The van der Waals surface area contributed by atoms with Gasteiger partial charge in [-0.15, -0.1) is 0 Å². The van der Waals surface area contributed by atoms with Crippen LogP contribution in [0.1, 0.15) is 40.7 Å². The maximum Gasteiger partial charge on any atom is 0.253 e. The van der Waals surface area contributed by atoms with Crippen LogP contribution < -0.4 is 30.6 Å². The molecule has 3 aliphatic rings. The second kappa shape index (κ2) is 14.1.